The average molecular weight is 355 g/mol. The molecule has 26 heavy (non-hydrogen) atoms. The summed E-state index contributed by atoms with van der Waals surface area (Å²) in [5.41, 5.74) is 1.75. The van der Waals surface area contributed by atoms with Crippen molar-refractivity contribution in [2.75, 3.05) is 6.79 Å². The lowest BCUT2D eigenvalue weighted by molar-refractivity contribution is -0.123. The van der Waals surface area contributed by atoms with Crippen LogP contribution in [0.3, 0.4) is 0 Å². The Bertz CT molecular complexity index is 989. The summed E-state index contributed by atoms with van der Waals surface area (Å²) < 4.78 is 12.0. The summed E-state index contributed by atoms with van der Waals surface area (Å²) in [7, 11) is 0. The SMILES string of the molecule is CC(=O)c1cc2c(cc1-n1c(O)c3c(c1O)[C@@H]1CC[C@H]3CC1=O)OCO2. The lowest BCUT2D eigenvalue weighted by atomic mass is 9.67. The number of carbonyl (C=O) groups is 2. The summed E-state index contributed by atoms with van der Waals surface area (Å²) in [5, 5.41) is 21.8. The number of Topliss-reactive ketones (excluding diaryl/α,β-unsaturated/α-hetero) is 2. The van der Waals surface area contributed by atoms with Crippen LogP contribution in [0.15, 0.2) is 12.1 Å². The molecule has 1 aromatic carbocycles. The van der Waals surface area contributed by atoms with Crippen LogP contribution in [-0.4, -0.2) is 33.1 Å². The van der Waals surface area contributed by atoms with E-state index in [1.165, 1.54) is 11.5 Å². The van der Waals surface area contributed by atoms with E-state index in [0.717, 1.165) is 6.42 Å². The summed E-state index contributed by atoms with van der Waals surface area (Å²) in [6.45, 7) is 1.46. The van der Waals surface area contributed by atoms with Gasteiger partial charge in [-0.05, 0) is 31.7 Å². The van der Waals surface area contributed by atoms with E-state index in [4.69, 9.17) is 9.47 Å². The Morgan fingerprint density at radius 3 is 2.50 bits per heavy atom. The second kappa shape index (κ2) is 5.03. The third-order valence-corrected chi connectivity index (χ3v) is 5.70. The standard InChI is InChI=1S/C19H17NO6/c1-8(21)11-5-14-15(26-7-25-14)6-12(11)20-18(23)16-9-2-3-10(13(22)4-9)17(16)19(20)24/h5-6,9-10,23-24H,2-4,7H2,1H3/t9-,10+/m0/s1. The Morgan fingerprint density at radius 1 is 1.12 bits per heavy atom. The Labute approximate surface area is 148 Å². The predicted molar refractivity (Wildman–Crippen MR) is 89.6 cm³/mol. The number of ketones is 2. The maximum atomic E-state index is 12.3. The number of aromatic hydroxyl groups is 2. The Balaban J connectivity index is 1.79. The van der Waals surface area contributed by atoms with Crippen molar-refractivity contribution in [3.05, 3.63) is 28.8 Å². The number of fused-ring (bicyclic) bond motifs is 3. The number of hydrogen-bond donors (Lipinski definition) is 2. The number of hydrogen-bond acceptors (Lipinski definition) is 6. The molecule has 0 amide bonds. The molecule has 2 bridgehead atoms. The van der Waals surface area contributed by atoms with Crippen molar-refractivity contribution >= 4 is 11.6 Å². The third kappa shape index (κ3) is 1.83. The Kier molecular flexibility index (Phi) is 2.96. The predicted octanol–water partition coefficient (Wildman–Crippen LogP) is 2.75. The lowest BCUT2D eigenvalue weighted by Crippen LogP contribution is -2.28. The third-order valence-electron chi connectivity index (χ3n) is 5.70. The Morgan fingerprint density at radius 2 is 1.81 bits per heavy atom. The smallest absolute Gasteiger partial charge is 0.231 e. The number of ether oxygens (including phenoxy) is 2. The second-order valence-electron chi connectivity index (χ2n) is 7.09. The lowest BCUT2D eigenvalue weighted by Gasteiger charge is -2.34. The Hall–Kier alpha value is -2.96. The fourth-order valence-corrected chi connectivity index (χ4v) is 4.52. The molecule has 134 valence electrons. The van der Waals surface area contributed by atoms with Gasteiger partial charge in [0.05, 0.1) is 5.69 Å². The maximum Gasteiger partial charge on any atom is 0.231 e. The van der Waals surface area contributed by atoms with Crippen molar-refractivity contribution in [2.45, 2.75) is 38.0 Å². The molecule has 1 saturated carbocycles. The number of nitrogens with zero attached hydrogens (tertiary/aromatic N) is 1. The zero-order chi connectivity index (χ0) is 18.2. The van der Waals surface area contributed by atoms with E-state index in [1.54, 1.807) is 12.1 Å². The highest BCUT2D eigenvalue weighted by Gasteiger charge is 2.45. The number of aromatic nitrogens is 1. The van der Waals surface area contributed by atoms with Gasteiger partial charge in [-0.3, -0.25) is 14.2 Å². The highest BCUT2D eigenvalue weighted by atomic mass is 16.7. The van der Waals surface area contributed by atoms with Crippen LogP contribution in [0.25, 0.3) is 5.69 Å². The fourth-order valence-electron chi connectivity index (χ4n) is 4.52. The van der Waals surface area contributed by atoms with Crippen molar-refractivity contribution in [2.24, 2.45) is 0 Å². The summed E-state index contributed by atoms with van der Waals surface area (Å²) >= 11 is 0. The van der Waals surface area contributed by atoms with Crippen molar-refractivity contribution in [1.82, 2.24) is 4.57 Å². The minimum Gasteiger partial charge on any atom is -0.494 e. The molecule has 2 N–H and O–H groups in total. The molecular weight excluding hydrogens is 338 g/mol. The summed E-state index contributed by atoms with van der Waals surface area (Å²) in [4.78, 5) is 24.4. The molecule has 0 saturated heterocycles. The molecule has 2 aromatic rings. The number of carbonyl (C=O) groups excluding carboxylic acids is 2. The van der Waals surface area contributed by atoms with Gasteiger partial charge in [0, 0.05) is 35.1 Å². The van der Waals surface area contributed by atoms with Gasteiger partial charge in [-0.2, -0.15) is 0 Å². The molecule has 2 atom stereocenters. The number of rotatable bonds is 2. The highest BCUT2D eigenvalue weighted by Crippen LogP contribution is 2.56. The number of benzene rings is 1. The van der Waals surface area contributed by atoms with Crippen molar-refractivity contribution < 1.29 is 29.3 Å². The first kappa shape index (κ1) is 15.3. The molecular formula is C19H17NO6. The van der Waals surface area contributed by atoms with Gasteiger partial charge in [0.25, 0.3) is 0 Å². The molecule has 0 unspecified atom stereocenters. The molecule has 2 heterocycles. The second-order valence-corrected chi connectivity index (χ2v) is 7.09. The van der Waals surface area contributed by atoms with Crippen LogP contribution >= 0.6 is 0 Å². The average Bonchev–Trinajstić information content (AvgIpc) is 3.17. The van der Waals surface area contributed by atoms with Crippen LogP contribution < -0.4 is 9.47 Å². The molecule has 0 spiro atoms. The summed E-state index contributed by atoms with van der Waals surface area (Å²) in [5.74, 6) is -0.0230. The van der Waals surface area contributed by atoms with Crippen LogP contribution in [0.5, 0.6) is 23.3 Å². The van der Waals surface area contributed by atoms with Crippen molar-refractivity contribution in [1.29, 1.82) is 0 Å². The van der Waals surface area contributed by atoms with E-state index >= 15 is 0 Å². The first-order chi connectivity index (χ1) is 12.5. The van der Waals surface area contributed by atoms with Gasteiger partial charge in [0.2, 0.25) is 18.6 Å². The molecule has 7 nitrogen and oxygen atoms in total. The largest absolute Gasteiger partial charge is 0.494 e. The first-order valence-corrected chi connectivity index (χ1v) is 8.61. The molecule has 3 aliphatic carbocycles. The van der Waals surface area contributed by atoms with Crippen LogP contribution in [0.1, 0.15) is 59.5 Å². The minimum atomic E-state index is -0.392. The van der Waals surface area contributed by atoms with Crippen molar-refractivity contribution in [3.8, 4) is 28.9 Å². The van der Waals surface area contributed by atoms with Gasteiger partial charge in [-0.15, -0.1) is 0 Å². The molecule has 6 rings (SSSR count). The van der Waals surface area contributed by atoms with Gasteiger partial charge in [0.1, 0.15) is 5.78 Å². The van der Waals surface area contributed by atoms with Gasteiger partial charge in [-0.1, -0.05) is 0 Å². The van der Waals surface area contributed by atoms with E-state index in [1.807, 2.05) is 0 Å². The zero-order valence-corrected chi connectivity index (χ0v) is 14.1. The molecule has 7 heteroatoms. The normalized spacial score (nSPS) is 22.6. The van der Waals surface area contributed by atoms with E-state index < -0.39 is 5.92 Å². The summed E-state index contributed by atoms with van der Waals surface area (Å²) in [6, 6.07) is 3.13. The van der Waals surface area contributed by atoms with E-state index in [2.05, 4.69) is 0 Å². The van der Waals surface area contributed by atoms with Crippen LogP contribution in [0, 0.1) is 0 Å². The summed E-state index contributed by atoms with van der Waals surface area (Å²) in [6.07, 6.45) is 1.87. The van der Waals surface area contributed by atoms with Gasteiger partial charge >= 0.3 is 0 Å². The fraction of sp³-hybridized carbons (Fsp3) is 0.368. The molecule has 4 aliphatic rings. The minimum absolute atomic E-state index is 0.0505. The molecule has 0 radical (unpaired) electrons. The van der Waals surface area contributed by atoms with Crippen molar-refractivity contribution in [3.63, 3.8) is 0 Å². The van der Waals surface area contributed by atoms with E-state index in [9.17, 15) is 19.8 Å². The monoisotopic (exact) mass is 355 g/mol. The highest BCUT2D eigenvalue weighted by molar-refractivity contribution is 5.99. The van der Waals surface area contributed by atoms with Gasteiger partial charge < -0.3 is 19.7 Å². The molecule has 1 aliphatic heterocycles. The van der Waals surface area contributed by atoms with Crippen LogP contribution in [-0.2, 0) is 4.79 Å². The molecule has 1 fully saturated rings. The maximum absolute atomic E-state index is 12.3. The quantitative estimate of drug-likeness (QED) is 0.804. The van der Waals surface area contributed by atoms with Crippen LogP contribution in [0.4, 0.5) is 0 Å². The van der Waals surface area contributed by atoms with E-state index in [-0.39, 0.29) is 36.0 Å². The molecule has 1 aromatic heterocycles. The van der Waals surface area contributed by atoms with Gasteiger partial charge in [-0.25, -0.2) is 0 Å². The zero-order valence-electron chi connectivity index (χ0n) is 14.1. The van der Waals surface area contributed by atoms with Gasteiger partial charge in [0.15, 0.2) is 17.3 Å². The van der Waals surface area contributed by atoms with Crippen LogP contribution in [0.2, 0.25) is 0 Å². The van der Waals surface area contributed by atoms with E-state index in [0.29, 0.717) is 46.7 Å². The topological polar surface area (TPSA) is 98.0 Å². The first-order valence-electron chi connectivity index (χ1n) is 8.61.